The van der Waals surface area contributed by atoms with E-state index in [1.807, 2.05) is 31.2 Å². The van der Waals surface area contributed by atoms with Gasteiger partial charge in [-0.15, -0.1) is 5.10 Å². The molecule has 4 rings (SSSR count). The number of aryl methyl sites for hydroxylation is 1. The van der Waals surface area contributed by atoms with E-state index >= 15 is 0 Å². The molecule has 1 aromatic heterocycles. The Balaban J connectivity index is 1.39. The van der Waals surface area contributed by atoms with E-state index in [0.29, 0.717) is 40.9 Å². The molecule has 0 atom stereocenters. The maximum absolute atomic E-state index is 12.9. The van der Waals surface area contributed by atoms with Gasteiger partial charge in [-0.2, -0.15) is 0 Å². The van der Waals surface area contributed by atoms with Crippen molar-refractivity contribution < 1.29 is 19.0 Å². The summed E-state index contributed by atoms with van der Waals surface area (Å²) in [6.07, 6.45) is 7.35. The fraction of sp³-hybridized carbons (Fsp3) is 0.333. The number of anilines is 1. The molecule has 0 spiro atoms. The zero-order valence-corrected chi connectivity index (χ0v) is 18.8. The summed E-state index contributed by atoms with van der Waals surface area (Å²) in [6, 6.07) is 10.7. The second-order valence-electron chi connectivity index (χ2n) is 7.83. The first kappa shape index (κ1) is 22.3. The number of tetrazole rings is 1. The van der Waals surface area contributed by atoms with Crippen molar-refractivity contribution in [2.24, 2.45) is 0 Å². The maximum atomic E-state index is 12.9. The molecule has 2 heterocycles. The number of unbranched alkanes of at least 4 members (excludes halogenated alkanes) is 4. The number of aromatic amines is 1. The summed E-state index contributed by atoms with van der Waals surface area (Å²) < 4.78 is 17.4. The minimum Gasteiger partial charge on any atom is -0.494 e. The van der Waals surface area contributed by atoms with Crippen molar-refractivity contribution in [1.82, 2.24) is 20.6 Å². The van der Waals surface area contributed by atoms with E-state index in [-0.39, 0.29) is 5.91 Å². The lowest BCUT2D eigenvalue weighted by atomic mass is 10.1. The van der Waals surface area contributed by atoms with Crippen LogP contribution >= 0.6 is 0 Å². The minimum absolute atomic E-state index is 0.269. The van der Waals surface area contributed by atoms with E-state index in [4.69, 9.17) is 14.2 Å². The first-order chi connectivity index (χ1) is 16.1. The van der Waals surface area contributed by atoms with Gasteiger partial charge in [0.2, 0.25) is 11.6 Å². The van der Waals surface area contributed by atoms with Gasteiger partial charge in [-0.1, -0.05) is 32.6 Å². The Morgan fingerprint density at radius 3 is 2.70 bits per heavy atom. The summed E-state index contributed by atoms with van der Waals surface area (Å²) >= 11 is 0. The maximum Gasteiger partial charge on any atom is 0.255 e. The van der Waals surface area contributed by atoms with Gasteiger partial charge in [0.15, 0.2) is 11.5 Å². The van der Waals surface area contributed by atoms with Crippen molar-refractivity contribution >= 4 is 17.4 Å². The highest BCUT2D eigenvalue weighted by atomic mass is 16.6. The number of carbonyl (C=O) groups excluding carboxylic acids is 1. The number of aromatic nitrogens is 4. The van der Waals surface area contributed by atoms with Gasteiger partial charge >= 0.3 is 0 Å². The quantitative estimate of drug-likeness (QED) is 0.424. The van der Waals surface area contributed by atoms with Crippen molar-refractivity contribution in [3.8, 4) is 17.2 Å². The fourth-order valence-electron chi connectivity index (χ4n) is 3.44. The smallest absolute Gasteiger partial charge is 0.255 e. The third-order valence-electron chi connectivity index (χ3n) is 5.16. The lowest BCUT2D eigenvalue weighted by Crippen LogP contribution is -2.15. The highest BCUT2D eigenvalue weighted by Gasteiger charge is 2.23. The zero-order valence-electron chi connectivity index (χ0n) is 18.8. The molecule has 0 saturated carbocycles. The number of ether oxygens (including phenoxy) is 3. The molecule has 9 nitrogen and oxygen atoms in total. The van der Waals surface area contributed by atoms with Crippen molar-refractivity contribution in [1.29, 1.82) is 0 Å². The summed E-state index contributed by atoms with van der Waals surface area (Å²) in [4.78, 5) is 12.9. The van der Waals surface area contributed by atoms with Crippen LogP contribution in [0.4, 0.5) is 5.69 Å². The van der Waals surface area contributed by atoms with Crippen LogP contribution in [-0.2, 0) is 0 Å². The van der Waals surface area contributed by atoms with Gasteiger partial charge in [0, 0.05) is 5.56 Å². The molecular weight excluding hydrogens is 422 g/mol. The molecule has 0 saturated heterocycles. The van der Waals surface area contributed by atoms with Crippen LogP contribution in [0.3, 0.4) is 0 Å². The lowest BCUT2D eigenvalue weighted by molar-refractivity contribution is 0.102. The van der Waals surface area contributed by atoms with Gasteiger partial charge in [0.1, 0.15) is 12.0 Å². The third-order valence-corrected chi connectivity index (χ3v) is 5.16. The molecular formula is C24H27N5O4. The second kappa shape index (κ2) is 10.6. The number of amides is 1. The molecule has 0 aliphatic carbocycles. The van der Waals surface area contributed by atoms with Crippen LogP contribution in [0.2, 0.25) is 0 Å². The molecule has 1 aliphatic heterocycles. The monoisotopic (exact) mass is 449 g/mol. The summed E-state index contributed by atoms with van der Waals surface area (Å²) in [6.45, 7) is 4.79. The first-order valence-corrected chi connectivity index (χ1v) is 11.1. The first-order valence-electron chi connectivity index (χ1n) is 11.1. The number of hydrogen-bond donors (Lipinski definition) is 2. The molecule has 3 aromatic rings. The molecule has 33 heavy (non-hydrogen) atoms. The molecule has 172 valence electrons. The van der Waals surface area contributed by atoms with Crippen LogP contribution in [0, 0.1) is 6.92 Å². The fourth-order valence-corrected chi connectivity index (χ4v) is 3.44. The van der Waals surface area contributed by atoms with Crippen molar-refractivity contribution in [2.75, 3.05) is 11.9 Å². The van der Waals surface area contributed by atoms with Gasteiger partial charge in [-0.25, -0.2) is 5.10 Å². The Kier molecular flexibility index (Phi) is 7.19. The third kappa shape index (κ3) is 5.68. The molecule has 0 bridgehead atoms. The standard InChI is InChI=1S/C24H27N5O4/c1-3-4-5-6-7-12-31-18-10-8-17(9-11-18)24(30)25-19-13-16(2)14-20-22(19)33-21(15-32-20)23-26-28-29-27-23/h8-11,13-15H,3-7,12H2,1-2H3,(H,25,30)(H,26,27,28,29). The molecule has 2 N–H and O–H groups in total. The molecule has 0 radical (unpaired) electrons. The SMILES string of the molecule is CCCCCCCOc1ccc(C(=O)Nc2cc(C)cc3c2OC(c2nnn[nH]2)=CO3)cc1. The normalized spacial score (nSPS) is 12.2. The number of nitrogens with zero attached hydrogens (tertiary/aromatic N) is 3. The van der Waals surface area contributed by atoms with E-state index < -0.39 is 0 Å². The van der Waals surface area contributed by atoms with Gasteiger partial charge in [0.05, 0.1) is 12.3 Å². The van der Waals surface area contributed by atoms with Crippen molar-refractivity contribution in [3.63, 3.8) is 0 Å². The highest BCUT2D eigenvalue weighted by molar-refractivity contribution is 6.05. The zero-order chi connectivity index (χ0) is 23.0. The molecule has 0 fully saturated rings. The van der Waals surface area contributed by atoms with E-state index in [2.05, 4.69) is 32.9 Å². The number of benzene rings is 2. The predicted molar refractivity (Wildman–Crippen MR) is 123 cm³/mol. The molecule has 9 heteroatoms. The van der Waals surface area contributed by atoms with Crippen LogP contribution in [0.1, 0.15) is 60.8 Å². The number of hydrogen-bond acceptors (Lipinski definition) is 7. The van der Waals surface area contributed by atoms with E-state index in [0.717, 1.165) is 17.7 Å². The highest BCUT2D eigenvalue weighted by Crippen LogP contribution is 2.42. The Hall–Kier alpha value is -3.88. The van der Waals surface area contributed by atoms with Crippen LogP contribution < -0.4 is 19.5 Å². The predicted octanol–water partition coefficient (Wildman–Crippen LogP) is 4.88. The van der Waals surface area contributed by atoms with Crippen LogP contribution in [0.15, 0.2) is 42.7 Å². The Bertz CT molecular complexity index is 1110. The number of H-pyrrole nitrogens is 1. The number of fused-ring (bicyclic) bond motifs is 1. The summed E-state index contributed by atoms with van der Waals surface area (Å²) in [5.41, 5.74) is 1.90. The second-order valence-corrected chi connectivity index (χ2v) is 7.83. The molecule has 2 aromatic carbocycles. The number of carbonyl (C=O) groups is 1. The molecule has 1 aliphatic rings. The largest absolute Gasteiger partial charge is 0.494 e. The van der Waals surface area contributed by atoms with E-state index in [1.165, 1.54) is 31.9 Å². The summed E-state index contributed by atoms with van der Waals surface area (Å²) in [5, 5.41) is 16.4. The van der Waals surface area contributed by atoms with Crippen LogP contribution in [0.25, 0.3) is 5.76 Å². The summed E-state index contributed by atoms with van der Waals surface area (Å²) in [5.74, 6) is 1.98. The van der Waals surface area contributed by atoms with Crippen LogP contribution in [0.5, 0.6) is 17.2 Å². The Labute approximate surface area is 192 Å². The van der Waals surface area contributed by atoms with E-state index in [1.54, 1.807) is 12.1 Å². The average molecular weight is 450 g/mol. The van der Waals surface area contributed by atoms with Gasteiger partial charge < -0.3 is 19.5 Å². The Morgan fingerprint density at radius 1 is 1.12 bits per heavy atom. The molecule has 1 amide bonds. The minimum atomic E-state index is -0.269. The van der Waals surface area contributed by atoms with Crippen LogP contribution in [-0.4, -0.2) is 33.1 Å². The number of rotatable bonds is 10. The van der Waals surface area contributed by atoms with Crippen molar-refractivity contribution in [2.45, 2.75) is 46.0 Å². The van der Waals surface area contributed by atoms with Crippen molar-refractivity contribution in [3.05, 3.63) is 59.6 Å². The Morgan fingerprint density at radius 2 is 1.94 bits per heavy atom. The van der Waals surface area contributed by atoms with E-state index in [9.17, 15) is 4.79 Å². The van der Waals surface area contributed by atoms with Gasteiger partial charge in [-0.05, 0) is 65.7 Å². The molecule has 0 unspecified atom stereocenters. The van der Waals surface area contributed by atoms with Gasteiger partial charge in [0.25, 0.3) is 5.91 Å². The summed E-state index contributed by atoms with van der Waals surface area (Å²) in [7, 11) is 0. The lowest BCUT2D eigenvalue weighted by Gasteiger charge is -2.20. The number of nitrogens with one attached hydrogen (secondary N) is 2. The average Bonchev–Trinajstić information content (AvgIpc) is 3.36. The topological polar surface area (TPSA) is 111 Å². The van der Waals surface area contributed by atoms with Gasteiger partial charge in [-0.3, -0.25) is 4.79 Å².